The van der Waals surface area contributed by atoms with Gasteiger partial charge in [-0.25, -0.2) is 8.42 Å². The summed E-state index contributed by atoms with van der Waals surface area (Å²) in [5, 5.41) is 0. The van der Waals surface area contributed by atoms with Gasteiger partial charge in [0.05, 0.1) is 7.11 Å². The topological polar surface area (TPSA) is 72.6 Å². The Hall–Kier alpha value is -0.340. The van der Waals surface area contributed by atoms with Gasteiger partial charge in [0.25, 0.3) is 0 Å². The lowest BCUT2D eigenvalue weighted by molar-refractivity contribution is 0.243. The number of methoxy groups -OCH3 is 1. The Bertz CT molecular complexity index is 610. The molecule has 0 aromatic heterocycles. The van der Waals surface area contributed by atoms with E-state index in [-0.39, 0.29) is 29.3 Å². The molecule has 8 heteroatoms. The molecule has 126 valence electrons. The van der Waals surface area contributed by atoms with Gasteiger partial charge in [0.15, 0.2) is 0 Å². The third-order valence-corrected chi connectivity index (χ3v) is 6.78. The predicted octanol–water partition coefficient (Wildman–Crippen LogP) is 2.63. The minimum Gasteiger partial charge on any atom is -0.497 e. The molecule has 22 heavy (non-hydrogen) atoms. The average Bonchev–Trinajstić information content (AvgIpc) is 2.47. The zero-order valence-electron chi connectivity index (χ0n) is 12.7. The molecule has 0 saturated carbocycles. The number of nitrogens with zero attached hydrogens (tertiary/aromatic N) is 1. The summed E-state index contributed by atoms with van der Waals surface area (Å²) >= 11 is 3.32. The molecule has 0 spiro atoms. The highest BCUT2D eigenvalue weighted by atomic mass is 79.9. The molecule has 2 N–H and O–H groups in total. The van der Waals surface area contributed by atoms with E-state index in [0.717, 1.165) is 12.8 Å². The Morgan fingerprint density at radius 1 is 1.45 bits per heavy atom. The van der Waals surface area contributed by atoms with Gasteiger partial charge in [0.1, 0.15) is 10.6 Å². The Morgan fingerprint density at radius 2 is 2.14 bits per heavy atom. The number of hydrogen-bond acceptors (Lipinski definition) is 4. The Morgan fingerprint density at radius 3 is 2.73 bits per heavy atom. The molecule has 1 aliphatic rings. The molecule has 1 aliphatic heterocycles. The van der Waals surface area contributed by atoms with E-state index in [1.165, 1.54) is 11.4 Å². The van der Waals surface area contributed by atoms with Gasteiger partial charge in [0, 0.05) is 29.7 Å². The van der Waals surface area contributed by atoms with Crippen molar-refractivity contribution in [3.05, 3.63) is 22.7 Å². The van der Waals surface area contributed by atoms with E-state index in [4.69, 9.17) is 10.5 Å². The van der Waals surface area contributed by atoms with Gasteiger partial charge in [-0.15, -0.1) is 12.4 Å². The monoisotopic (exact) mass is 412 g/mol. The summed E-state index contributed by atoms with van der Waals surface area (Å²) in [6.45, 7) is 2.95. The van der Waals surface area contributed by atoms with Gasteiger partial charge in [-0.1, -0.05) is 0 Å². The van der Waals surface area contributed by atoms with E-state index in [1.807, 2.05) is 6.92 Å². The number of hydrogen-bond donors (Lipinski definition) is 1. The van der Waals surface area contributed by atoms with Crippen molar-refractivity contribution in [2.24, 2.45) is 11.7 Å². The molecule has 2 rings (SSSR count). The molecular formula is C14H22BrClN2O3S. The number of piperidine rings is 1. The Labute approximate surface area is 146 Å². The Kier molecular flexibility index (Phi) is 7.14. The highest BCUT2D eigenvalue weighted by Gasteiger charge is 2.32. The zero-order chi connectivity index (χ0) is 15.6. The first-order valence-electron chi connectivity index (χ1n) is 6.95. The fourth-order valence-corrected chi connectivity index (χ4v) is 5.04. The van der Waals surface area contributed by atoms with Crippen LogP contribution in [-0.4, -0.2) is 39.0 Å². The first kappa shape index (κ1) is 19.7. The molecule has 0 bridgehead atoms. The van der Waals surface area contributed by atoms with Crippen LogP contribution in [0.1, 0.15) is 19.8 Å². The lowest BCUT2D eigenvalue weighted by Crippen LogP contribution is -2.45. The van der Waals surface area contributed by atoms with E-state index in [1.54, 1.807) is 18.2 Å². The molecule has 1 fully saturated rings. The second-order valence-electron chi connectivity index (χ2n) is 5.42. The van der Waals surface area contributed by atoms with E-state index in [9.17, 15) is 8.42 Å². The molecule has 1 heterocycles. The highest BCUT2D eigenvalue weighted by molar-refractivity contribution is 9.10. The SMILES string of the molecule is COc1ccc(Br)c(S(=O)(=O)N2CCCC(C(C)N)C2)c1.Cl. The molecule has 2 unspecified atom stereocenters. The smallest absolute Gasteiger partial charge is 0.244 e. The summed E-state index contributed by atoms with van der Waals surface area (Å²) in [5.41, 5.74) is 5.94. The standard InChI is InChI=1S/C14H21BrN2O3S.ClH/c1-10(16)11-4-3-7-17(9-11)21(18,19)14-8-12(20-2)5-6-13(14)15;/h5-6,8,10-11H,3-4,7,9,16H2,1-2H3;1H. The van der Waals surface area contributed by atoms with Gasteiger partial charge in [0.2, 0.25) is 10.0 Å². The second kappa shape index (κ2) is 7.97. The second-order valence-corrected chi connectivity index (χ2v) is 8.18. The molecule has 5 nitrogen and oxygen atoms in total. The number of benzene rings is 1. The van der Waals surface area contributed by atoms with Crippen molar-refractivity contribution in [2.75, 3.05) is 20.2 Å². The third-order valence-electron chi connectivity index (χ3n) is 3.92. The molecule has 1 aromatic carbocycles. The van der Waals surface area contributed by atoms with Crippen molar-refractivity contribution in [3.63, 3.8) is 0 Å². The van der Waals surface area contributed by atoms with E-state index in [2.05, 4.69) is 15.9 Å². The van der Waals surface area contributed by atoms with Crippen LogP contribution >= 0.6 is 28.3 Å². The van der Waals surface area contributed by atoms with E-state index < -0.39 is 10.0 Å². The lowest BCUT2D eigenvalue weighted by Gasteiger charge is -2.34. The van der Waals surface area contributed by atoms with Crippen molar-refractivity contribution in [2.45, 2.75) is 30.7 Å². The summed E-state index contributed by atoms with van der Waals surface area (Å²) < 4.78 is 32.9. The average molecular weight is 414 g/mol. The Balaban J connectivity index is 0.00000242. The summed E-state index contributed by atoms with van der Waals surface area (Å²) in [6.07, 6.45) is 1.82. The molecule has 0 aliphatic carbocycles. The minimum atomic E-state index is -3.54. The van der Waals surface area contributed by atoms with Crippen molar-refractivity contribution in [1.29, 1.82) is 0 Å². The first-order valence-corrected chi connectivity index (χ1v) is 9.19. The maximum atomic E-state index is 12.8. The van der Waals surface area contributed by atoms with Crippen LogP contribution in [0.3, 0.4) is 0 Å². The molecule has 1 aromatic rings. The number of ether oxygens (including phenoxy) is 1. The molecule has 0 radical (unpaired) electrons. The van der Waals surface area contributed by atoms with Gasteiger partial charge in [-0.3, -0.25) is 0 Å². The number of nitrogens with two attached hydrogens (primary N) is 1. The molecule has 1 saturated heterocycles. The van der Waals surface area contributed by atoms with Crippen LogP contribution in [0.5, 0.6) is 5.75 Å². The van der Waals surface area contributed by atoms with Gasteiger partial charge >= 0.3 is 0 Å². The van der Waals surface area contributed by atoms with Gasteiger partial charge in [-0.05, 0) is 53.7 Å². The van der Waals surface area contributed by atoms with Crippen molar-refractivity contribution in [3.8, 4) is 5.75 Å². The first-order chi connectivity index (χ1) is 9.86. The quantitative estimate of drug-likeness (QED) is 0.823. The zero-order valence-corrected chi connectivity index (χ0v) is 15.9. The largest absolute Gasteiger partial charge is 0.497 e. The predicted molar refractivity (Wildman–Crippen MR) is 93.1 cm³/mol. The van der Waals surface area contributed by atoms with Crippen LogP contribution in [0.25, 0.3) is 0 Å². The summed E-state index contributed by atoms with van der Waals surface area (Å²) in [4.78, 5) is 0.243. The van der Waals surface area contributed by atoms with Crippen LogP contribution in [0.15, 0.2) is 27.6 Å². The maximum Gasteiger partial charge on any atom is 0.244 e. The van der Waals surface area contributed by atoms with Crippen LogP contribution < -0.4 is 10.5 Å². The molecule has 0 amide bonds. The minimum absolute atomic E-state index is 0. The van der Waals surface area contributed by atoms with E-state index in [0.29, 0.717) is 23.3 Å². The van der Waals surface area contributed by atoms with Gasteiger partial charge in [-0.2, -0.15) is 4.31 Å². The van der Waals surface area contributed by atoms with Crippen LogP contribution in [0.2, 0.25) is 0 Å². The van der Waals surface area contributed by atoms with Crippen molar-refractivity contribution >= 4 is 38.4 Å². The number of rotatable bonds is 4. The maximum absolute atomic E-state index is 12.8. The van der Waals surface area contributed by atoms with Crippen LogP contribution in [-0.2, 0) is 10.0 Å². The van der Waals surface area contributed by atoms with Gasteiger partial charge < -0.3 is 10.5 Å². The van der Waals surface area contributed by atoms with Crippen molar-refractivity contribution in [1.82, 2.24) is 4.31 Å². The summed E-state index contributed by atoms with van der Waals surface area (Å²) in [7, 11) is -2.02. The number of sulfonamides is 1. The third kappa shape index (κ3) is 4.14. The highest BCUT2D eigenvalue weighted by Crippen LogP contribution is 2.31. The fraction of sp³-hybridized carbons (Fsp3) is 0.571. The molecule has 2 atom stereocenters. The van der Waals surface area contributed by atoms with Crippen LogP contribution in [0.4, 0.5) is 0 Å². The summed E-state index contributed by atoms with van der Waals surface area (Å²) in [6, 6.07) is 4.97. The lowest BCUT2D eigenvalue weighted by atomic mass is 9.93. The fourth-order valence-electron chi connectivity index (χ4n) is 2.57. The van der Waals surface area contributed by atoms with E-state index >= 15 is 0 Å². The normalized spacial score (nSPS) is 21.0. The molecular weight excluding hydrogens is 392 g/mol. The van der Waals surface area contributed by atoms with Crippen molar-refractivity contribution < 1.29 is 13.2 Å². The number of halogens is 2. The van der Waals surface area contributed by atoms with Crippen LogP contribution in [0, 0.1) is 5.92 Å². The summed E-state index contributed by atoms with van der Waals surface area (Å²) in [5.74, 6) is 0.732.